The van der Waals surface area contributed by atoms with Crippen molar-refractivity contribution in [3.8, 4) is 0 Å². The van der Waals surface area contributed by atoms with Gasteiger partial charge < -0.3 is 4.57 Å². The zero-order valence-electron chi connectivity index (χ0n) is 14.5. The van der Waals surface area contributed by atoms with E-state index in [0.29, 0.717) is 13.1 Å². The highest BCUT2D eigenvalue weighted by atomic mass is 32.2. The Balaban J connectivity index is 1.51. The molecule has 2 heterocycles. The maximum atomic E-state index is 12.5. The van der Waals surface area contributed by atoms with Gasteiger partial charge in [0.1, 0.15) is 0 Å². The molecule has 25 heavy (non-hydrogen) atoms. The van der Waals surface area contributed by atoms with E-state index >= 15 is 0 Å². The Morgan fingerprint density at radius 1 is 1.08 bits per heavy atom. The zero-order chi connectivity index (χ0) is 17.7. The first-order chi connectivity index (χ1) is 12.0. The molecule has 1 fully saturated rings. The van der Waals surface area contributed by atoms with Gasteiger partial charge in [-0.2, -0.15) is 4.31 Å². The molecule has 0 amide bonds. The van der Waals surface area contributed by atoms with Gasteiger partial charge in [0.2, 0.25) is 10.0 Å². The minimum Gasteiger partial charge on any atom is -0.336 e. The molecule has 134 valence electrons. The van der Waals surface area contributed by atoms with Crippen LogP contribution < -0.4 is 0 Å². The van der Waals surface area contributed by atoms with Gasteiger partial charge >= 0.3 is 0 Å². The van der Waals surface area contributed by atoms with Crippen LogP contribution in [0.25, 0.3) is 6.08 Å². The molecule has 0 saturated carbocycles. The summed E-state index contributed by atoms with van der Waals surface area (Å²) in [6, 6.07) is 7.81. The molecule has 7 heteroatoms. The fourth-order valence-electron chi connectivity index (χ4n) is 2.81. The molecule has 0 unspecified atom stereocenters. The summed E-state index contributed by atoms with van der Waals surface area (Å²) in [6.45, 7) is 6.37. The first-order valence-corrected chi connectivity index (χ1v) is 9.96. The van der Waals surface area contributed by atoms with Crippen molar-refractivity contribution < 1.29 is 8.42 Å². The monoisotopic (exact) mass is 360 g/mol. The van der Waals surface area contributed by atoms with E-state index in [2.05, 4.69) is 9.88 Å². The molecule has 0 aliphatic carbocycles. The number of nitrogens with zero attached hydrogens (tertiary/aromatic N) is 4. The van der Waals surface area contributed by atoms with E-state index in [4.69, 9.17) is 0 Å². The summed E-state index contributed by atoms with van der Waals surface area (Å²) < 4.78 is 28.6. The normalized spacial score (nSPS) is 17.3. The maximum Gasteiger partial charge on any atom is 0.236 e. The van der Waals surface area contributed by atoms with Crippen LogP contribution in [-0.4, -0.2) is 59.9 Å². The van der Waals surface area contributed by atoms with E-state index in [0.717, 1.165) is 37.3 Å². The third-order valence-corrected chi connectivity index (χ3v) is 6.00. The fraction of sp³-hybridized carbons (Fsp3) is 0.389. The Morgan fingerprint density at radius 2 is 1.80 bits per heavy atom. The average molecular weight is 360 g/mol. The quantitative estimate of drug-likeness (QED) is 0.788. The van der Waals surface area contributed by atoms with Crippen molar-refractivity contribution in [2.24, 2.45) is 0 Å². The molecule has 0 bridgehead atoms. The topological polar surface area (TPSA) is 58.4 Å². The van der Waals surface area contributed by atoms with E-state index < -0.39 is 10.0 Å². The van der Waals surface area contributed by atoms with Crippen LogP contribution in [0.1, 0.15) is 11.1 Å². The van der Waals surface area contributed by atoms with Gasteiger partial charge in [-0.05, 0) is 18.6 Å². The van der Waals surface area contributed by atoms with Gasteiger partial charge in [-0.15, -0.1) is 0 Å². The molecule has 6 nitrogen and oxygen atoms in total. The van der Waals surface area contributed by atoms with Crippen molar-refractivity contribution in [2.75, 3.05) is 32.7 Å². The number of rotatable bonds is 6. The minimum absolute atomic E-state index is 0.532. The molecule has 2 aromatic rings. The maximum absolute atomic E-state index is 12.5. The highest BCUT2D eigenvalue weighted by Gasteiger charge is 2.24. The lowest BCUT2D eigenvalue weighted by Gasteiger charge is -2.33. The Morgan fingerprint density at radius 3 is 2.44 bits per heavy atom. The molecule has 1 aromatic carbocycles. The van der Waals surface area contributed by atoms with Crippen molar-refractivity contribution in [1.29, 1.82) is 0 Å². The molecule has 0 radical (unpaired) electrons. The molecule has 0 spiro atoms. The molecule has 0 atom stereocenters. The summed E-state index contributed by atoms with van der Waals surface area (Å²) in [5, 5.41) is 1.32. The third-order valence-electron chi connectivity index (χ3n) is 4.43. The third kappa shape index (κ3) is 5.01. The second kappa shape index (κ2) is 7.95. The summed E-state index contributed by atoms with van der Waals surface area (Å²) in [5.74, 6) is 0. The Labute approximate surface area is 149 Å². The zero-order valence-corrected chi connectivity index (χ0v) is 15.3. The van der Waals surface area contributed by atoms with E-state index in [9.17, 15) is 8.42 Å². The predicted molar refractivity (Wildman–Crippen MR) is 99.4 cm³/mol. The standard InChI is InChI=1S/C18H24N4O2S/c1-17-2-4-18(5-3-17)6-15-25(23,24)22-13-11-20(12-14-22)9-10-21-8-7-19-16-21/h2-8,15-16H,9-14H2,1H3/b15-6+. The number of aryl methyl sites for hydroxylation is 1. The van der Waals surface area contributed by atoms with Gasteiger partial charge in [-0.25, -0.2) is 13.4 Å². The smallest absolute Gasteiger partial charge is 0.236 e. The number of hydrogen-bond acceptors (Lipinski definition) is 4. The van der Waals surface area contributed by atoms with Crippen molar-refractivity contribution in [3.05, 3.63) is 59.5 Å². The minimum atomic E-state index is -3.36. The molecular formula is C18H24N4O2S. The van der Waals surface area contributed by atoms with Gasteiger partial charge in [-0.3, -0.25) is 4.90 Å². The lowest BCUT2D eigenvalue weighted by Crippen LogP contribution is -2.48. The highest BCUT2D eigenvalue weighted by Crippen LogP contribution is 2.12. The molecular weight excluding hydrogens is 336 g/mol. The van der Waals surface area contributed by atoms with Gasteiger partial charge in [0.25, 0.3) is 0 Å². The average Bonchev–Trinajstić information content (AvgIpc) is 3.13. The lowest BCUT2D eigenvalue weighted by molar-refractivity contribution is 0.184. The number of aromatic nitrogens is 2. The van der Waals surface area contributed by atoms with Gasteiger partial charge in [0, 0.05) is 57.1 Å². The number of piperazine rings is 1. The molecule has 0 N–H and O–H groups in total. The Bertz CT molecular complexity index is 790. The van der Waals surface area contributed by atoms with E-state index in [1.807, 2.05) is 42.0 Å². The second-order valence-corrected chi connectivity index (χ2v) is 8.12. The van der Waals surface area contributed by atoms with Crippen molar-refractivity contribution in [2.45, 2.75) is 13.5 Å². The van der Waals surface area contributed by atoms with Crippen LogP contribution in [0.3, 0.4) is 0 Å². The van der Waals surface area contributed by atoms with E-state index in [1.54, 1.807) is 22.9 Å². The summed E-state index contributed by atoms with van der Waals surface area (Å²) in [5.41, 5.74) is 2.06. The summed E-state index contributed by atoms with van der Waals surface area (Å²) in [4.78, 5) is 6.32. The SMILES string of the molecule is Cc1ccc(/C=C/S(=O)(=O)N2CCN(CCn3ccnc3)CC2)cc1. The molecule has 1 aliphatic rings. The lowest BCUT2D eigenvalue weighted by atomic mass is 10.2. The summed E-state index contributed by atoms with van der Waals surface area (Å²) >= 11 is 0. The van der Waals surface area contributed by atoms with E-state index in [-0.39, 0.29) is 0 Å². The largest absolute Gasteiger partial charge is 0.336 e. The number of hydrogen-bond donors (Lipinski definition) is 0. The Hall–Kier alpha value is -1.96. The first kappa shape index (κ1) is 17.8. The Kier molecular flexibility index (Phi) is 5.67. The van der Waals surface area contributed by atoms with Gasteiger partial charge in [0.15, 0.2) is 0 Å². The van der Waals surface area contributed by atoms with Crippen LogP contribution in [0.5, 0.6) is 0 Å². The fourth-order valence-corrected chi connectivity index (χ4v) is 3.99. The van der Waals surface area contributed by atoms with Crippen LogP contribution in [0.4, 0.5) is 0 Å². The van der Waals surface area contributed by atoms with Crippen molar-refractivity contribution >= 4 is 16.1 Å². The van der Waals surface area contributed by atoms with Crippen LogP contribution in [-0.2, 0) is 16.6 Å². The number of benzene rings is 1. The predicted octanol–water partition coefficient (Wildman–Crippen LogP) is 1.81. The van der Waals surface area contributed by atoms with Crippen LogP contribution in [0, 0.1) is 6.92 Å². The van der Waals surface area contributed by atoms with E-state index in [1.165, 1.54) is 5.41 Å². The number of imidazole rings is 1. The summed E-state index contributed by atoms with van der Waals surface area (Å²) in [7, 11) is -3.36. The van der Waals surface area contributed by atoms with Crippen LogP contribution in [0.2, 0.25) is 0 Å². The van der Waals surface area contributed by atoms with Crippen molar-refractivity contribution in [1.82, 2.24) is 18.8 Å². The highest BCUT2D eigenvalue weighted by molar-refractivity contribution is 7.92. The molecule has 1 saturated heterocycles. The molecule has 1 aromatic heterocycles. The van der Waals surface area contributed by atoms with Crippen molar-refractivity contribution in [3.63, 3.8) is 0 Å². The van der Waals surface area contributed by atoms with Crippen LogP contribution in [0.15, 0.2) is 48.4 Å². The first-order valence-electron chi connectivity index (χ1n) is 8.46. The van der Waals surface area contributed by atoms with Gasteiger partial charge in [-0.1, -0.05) is 29.8 Å². The van der Waals surface area contributed by atoms with Gasteiger partial charge in [0.05, 0.1) is 6.33 Å². The molecule has 1 aliphatic heterocycles. The number of sulfonamides is 1. The summed E-state index contributed by atoms with van der Waals surface area (Å²) in [6.07, 6.45) is 7.18. The molecule has 3 rings (SSSR count). The van der Waals surface area contributed by atoms with Crippen LogP contribution >= 0.6 is 0 Å². The second-order valence-electron chi connectivity index (χ2n) is 6.30.